The van der Waals surface area contributed by atoms with Crippen LogP contribution < -0.4 is 31.1 Å². The molecule has 306 valence electrons. The van der Waals surface area contributed by atoms with Crippen LogP contribution in [-0.2, 0) is 6.42 Å². The number of hydrogen-bond donors (Lipinski definition) is 0. The molecule has 0 bridgehead atoms. The van der Waals surface area contributed by atoms with Crippen LogP contribution in [0, 0.1) is 0 Å². The zero-order valence-electron chi connectivity index (χ0n) is 35.9. The van der Waals surface area contributed by atoms with Gasteiger partial charge in [0.1, 0.15) is 0 Å². The van der Waals surface area contributed by atoms with Gasteiger partial charge < -0.3 is 14.7 Å². The van der Waals surface area contributed by atoms with Crippen LogP contribution in [0.25, 0.3) is 22.3 Å². The van der Waals surface area contributed by atoms with Gasteiger partial charge in [-0.1, -0.05) is 169 Å². The molecule has 0 aromatic heterocycles. The maximum atomic E-state index is 2.49. The molecule has 4 heteroatoms. The van der Waals surface area contributed by atoms with Crippen molar-refractivity contribution in [2.24, 2.45) is 0 Å². The van der Waals surface area contributed by atoms with Crippen LogP contribution in [0.2, 0.25) is 0 Å². The molecule has 65 heavy (non-hydrogen) atoms. The van der Waals surface area contributed by atoms with E-state index in [1.54, 1.807) is 0 Å². The minimum absolute atomic E-state index is 0.0636. The van der Waals surface area contributed by atoms with E-state index in [0.717, 1.165) is 46.2 Å². The molecule has 10 aromatic carbocycles. The average molecular weight is 830 g/mol. The Kier molecular flexibility index (Phi) is 9.68. The fourth-order valence-electron chi connectivity index (χ4n) is 10.1. The molecule has 0 radical (unpaired) electrons. The number of benzene rings is 10. The van der Waals surface area contributed by atoms with Gasteiger partial charge in [-0.25, -0.2) is 0 Å². The van der Waals surface area contributed by atoms with Gasteiger partial charge in [-0.2, -0.15) is 0 Å². The molecule has 0 aliphatic carbocycles. The van der Waals surface area contributed by atoms with Crippen LogP contribution >= 0.6 is 0 Å². The summed E-state index contributed by atoms with van der Waals surface area (Å²) in [6.45, 7) is 0.0636. The maximum Gasteiger partial charge on any atom is 0.247 e. The molecular formula is C61H44BN3. The maximum absolute atomic E-state index is 2.49. The van der Waals surface area contributed by atoms with Gasteiger partial charge in [0.15, 0.2) is 0 Å². The van der Waals surface area contributed by atoms with Crippen molar-refractivity contribution in [2.45, 2.75) is 6.42 Å². The number of anilines is 9. The molecule has 0 saturated carbocycles. The van der Waals surface area contributed by atoms with E-state index in [-0.39, 0.29) is 6.71 Å². The number of rotatable bonds is 9. The minimum Gasteiger partial charge on any atom is -0.311 e. The van der Waals surface area contributed by atoms with E-state index in [2.05, 4.69) is 269 Å². The highest BCUT2D eigenvalue weighted by Gasteiger charge is 2.40. The molecule has 0 atom stereocenters. The van der Waals surface area contributed by atoms with Gasteiger partial charge in [-0.3, -0.25) is 0 Å². The van der Waals surface area contributed by atoms with Crippen molar-refractivity contribution in [3.8, 4) is 22.3 Å². The van der Waals surface area contributed by atoms with Crippen LogP contribution in [0.5, 0.6) is 0 Å². The third-order valence-corrected chi connectivity index (χ3v) is 13.1. The van der Waals surface area contributed by atoms with Crippen LogP contribution in [0.3, 0.4) is 0 Å². The molecule has 0 N–H and O–H groups in total. The van der Waals surface area contributed by atoms with Crippen molar-refractivity contribution in [1.29, 1.82) is 0 Å². The molecule has 10 aromatic rings. The topological polar surface area (TPSA) is 9.72 Å². The molecule has 0 amide bonds. The summed E-state index contributed by atoms with van der Waals surface area (Å²) in [5.41, 5.74) is 21.9. The van der Waals surface area contributed by atoms with Crippen molar-refractivity contribution >= 4 is 74.3 Å². The smallest absolute Gasteiger partial charge is 0.247 e. The van der Waals surface area contributed by atoms with Gasteiger partial charge in [0.05, 0.1) is 0 Å². The molecule has 2 aliphatic rings. The normalized spacial score (nSPS) is 12.2. The molecule has 2 aliphatic heterocycles. The van der Waals surface area contributed by atoms with Crippen molar-refractivity contribution in [3.05, 3.63) is 266 Å². The first-order valence-corrected chi connectivity index (χ1v) is 22.5. The summed E-state index contributed by atoms with van der Waals surface area (Å²) in [6, 6.07) is 92.8. The molecule has 0 fully saturated rings. The van der Waals surface area contributed by atoms with E-state index >= 15 is 0 Å². The second-order valence-corrected chi connectivity index (χ2v) is 16.9. The summed E-state index contributed by atoms with van der Waals surface area (Å²) in [5, 5.41) is 0. The second-order valence-electron chi connectivity index (χ2n) is 16.9. The van der Waals surface area contributed by atoms with Gasteiger partial charge in [0.2, 0.25) is 6.71 Å². The molecule has 12 rings (SSSR count). The van der Waals surface area contributed by atoms with Crippen molar-refractivity contribution in [1.82, 2.24) is 0 Å². The predicted molar refractivity (Wildman–Crippen MR) is 275 cm³/mol. The van der Waals surface area contributed by atoms with Crippen molar-refractivity contribution < 1.29 is 0 Å². The molecule has 0 spiro atoms. The van der Waals surface area contributed by atoms with E-state index in [0.29, 0.717) is 0 Å². The Balaban J connectivity index is 1.00. The SMILES string of the molecule is c1ccc(-c2ccc(N(c3ccc(-c4ccccc4)cc3)c3ccc4c(c3)Cc3cccc5c3B4c3ccc(N(c4ccccc4)c4ccccc4)cc3N5c3ccccc3)cc2)cc1. The highest BCUT2D eigenvalue weighted by molar-refractivity contribution is 6.98. The summed E-state index contributed by atoms with van der Waals surface area (Å²) in [4.78, 5) is 7.27. The Morgan fingerprint density at radius 2 is 0.738 bits per heavy atom. The van der Waals surface area contributed by atoms with E-state index in [1.807, 2.05) is 0 Å². The third-order valence-electron chi connectivity index (χ3n) is 13.1. The Labute approximate surface area is 381 Å². The molecular weight excluding hydrogens is 786 g/mol. The summed E-state index contributed by atoms with van der Waals surface area (Å²) in [7, 11) is 0. The Bertz CT molecular complexity index is 3150. The number of nitrogens with zero attached hydrogens (tertiary/aromatic N) is 3. The van der Waals surface area contributed by atoms with Crippen LogP contribution in [0.15, 0.2) is 255 Å². The lowest BCUT2D eigenvalue weighted by Gasteiger charge is -2.41. The second kappa shape index (κ2) is 16.4. The first kappa shape index (κ1) is 38.3. The fraction of sp³-hybridized carbons (Fsp3) is 0.0164. The largest absolute Gasteiger partial charge is 0.311 e. The van der Waals surface area contributed by atoms with Crippen LogP contribution in [0.4, 0.5) is 51.2 Å². The zero-order valence-corrected chi connectivity index (χ0v) is 35.9. The highest BCUT2D eigenvalue weighted by atomic mass is 15.2. The minimum atomic E-state index is 0.0636. The van der Waals surface area contributed by atoms with Gasteiger partial charge >= 0.3 is 0 Å². The number of fused-ring (bicyclic) bond motifs is 4. The lowest BCUT2D eigenvalue weighted by Crippen LogP contribution is -2.61. The Morgan fingerprint density at radius 1 is 0.308 bits per heavy atom. The standard InChI is InChI=1S/C61H44BN3/c1-6-17-44(18-7-1)46-29-33-53(34-30-46)64(54-35-31-47(32-36-54)45-19-8-2-9-20-45)55-37-39-57-49(42-55)41-48-21-16-28-59-61(48)62(57)58-40-38-56(43-60(58)65(59)52-26-14-5-15-27-52)63(50-22-10-3-11-23-50)51-24-12-4-13-25-51/h1-40,42-43H,41H2. The third kappa shape index (κ3) is 6.97. The van der Waals surface area contributed by atoms with Gasteiger partial charge in [0, 0.05) is 51.2 Å². The summed E-state index contributed by atoms with van der Waals surface area (Å²) < 4.78 is 0. The van der Waals surface area contributed by atoms with Crippen LogP contribution in [0.1, 0.15) is 11.1 Å². The lowest BCUT2D eigenvalue weighted by atomic mass is 9.32. The Hall–Kier alpha value is -8.34. The first-order chi connectivity index (χ1) is 32.2. The lowest BCUT2D eigenvalue weighted by molar-refractivity contribution is 1.18. The monoisotopic (exact) mass is 829 g/mol. The molecule has 0 unspecified atom stereocenters. The van der Waals surface area contributed by atoms with Gasteiger partial charge in [0.25, 0.3) is 0 Å². The van der Waals surface area contributed by atoms with Gasteiger partial charge in [-0.05, 0) is 142 Å². The number of hydrogen-bond acceptors (Lipinski definition) is 3. The number of para-hydroxylation sites is 3. The summed E-state index contributed by atoms with van der Waals surface area (Å²) >= 11 is 0. The quantitative estimate of drug-likeness (QED) is 0.134. The van der Waals surface area contributed by atoms with Crippen LogP contribution in [-0.4, -0.2) is 6.71 Å². The predicted octanol–water partition coefficient (Wildman–Crippen LogP) is 14.2. The zero-order chi connectivity index (χ0) is 43.1. The van der Waals surface area contributed by atoms with Crippen molar-refractivity contribution in [3.63, 3.8) is 0 Å². The summed E-state index contributed by atoms with van der Waals surface area (Å²) in [5.74, 6) is 0. The summed E-state index contributed by atoms with van der Waals surface area (Å²) in [6.07, 6.45) is 0.850. The van der Waals surface area contributed by atoms with Crippen molar-refractivity contribution in [2.75, 3.05) is 14.7 Å². The fourth-order valence-corrected chi connectivity index (χ4v) is 10.1. The van der Waals surface area contributed by atoms with E-state index in [4.69, 9.17) is 0 Å². The van der Waals surface area contributed by atoms with E-state index in [9.17, 15) is 0 Å². The van der Waals surface area contributed by atoms with Gasteiger partial charge in [-0.15, -0.1) is 0 Å². The first-order valence-electron chi connectivity index (χ1n) is 22.5. The molecule has 2 heterocycles. The highest BCUT2D eigenvalue weighted by Crippen LogP contribution is 2.43. The molecule has 3 nitrogen and oxygen atoms in total. The average Bonchev–Trinajstić information content (AvgIpc) is 3.38. The van der Waals surface area contributed by atoms with E-state index in [1.165, 1.54) is 61.1 Å². The Morgan fingerprint density at radius 3 is 1.28 bits per heavy atom. The van der Waals surface area contributed by atoms with E-state index < -0.39 is 0 Å². The molecule has 0 saturated heterocycles.